The normalized spacial score (nSPS) is 12.6. The highest BCUT2D eigenvalue weighted by Crippen LogP contribution is 2.17. The highest BCUT2D eigenvalue weighted by atomic mass is 19.1. The van der Waals surface area contributed by atoms with Crippen LogP contribution in [-0.2, 0) is 11.3 Å². The second-order valence-corrected chi connectivity index (χ2v) is 4.25. The van der Waals surface area contributed by atoms with Gasteiger partial charge in [0, 0.05) is 30.6 Å². The highest BCUT2D eigenvalue weighted by Gasteiger charge is 2.13. The van der Waals surface area contributed by atoms with Gasteiger partial charge in [-0.25, -0.2) is 13.8 Å². The maximum absolute atomic E-state index is 13.6. The van der Waals surface area contributed by atoms with E-state index in [0.717, 1.165) is 11.9 Å². The fourth-order valence-corrected chi connectivity index (χ4v) is 1.97. The van der Waals surface area contributed by atoms with Crippen molar-refractivity contribution in [3.8, 4) is 0 Å². The van der Waals surface area contributed by atoms with E-state index in [1.807, 2.05) is 13.8 Å². The fraction of sp³-hybridized carbons (Fsp3) is 0.357. The van der Waals surface area contributed by atoms with Crippen molar-refractivity contribution in [2.75, 3.05) is 6.61 Å². The molecule has 0 amide bonds. The summed E-state index contributed by atoms with van der Waals surface area (Å²) in [6, 6.07) is 3.58. The molecule has 0 aliphatic rings. The Hall–Kier alpha value is -1.75. The van der Waals surface area contributed by atoms with Gasteiger partial charge in [0.2, 0.25) is 0 Å². The molecule has 0 N–H and O–H groups in total. The lowest BCUT2D eigenvalue weighted by atomic mass is 10.2. The maximum Gasteiger partial charge on any atom is 0.137 e. The fourth-order valence-electron chi connectivity index (χ4n) is 1.97. The van der Waals surface area contributed by atoms with Crippen LogP contribution in [0.15, 0.2) is 30.6 Å². The van der Waals surface area contributed by atoms with Crippen LogP contribution in [0.1, 0.15) is 31.3 Å². The van der Waals surface area contributed by atoms with Crippen LogP contribution < -0.4 is 0 Å². The molecule has 1 atom stereocenters. The molecule has 1 aromatic heterocycles. The first-order valence-corrected chi connectivity index (χ1v) is 6.18. The van der Waals surface area contributed by atoms with Crippen LogP contribution in [0.25, 0.3) is 0 Å². The molecule has 0 saturated heterocycles. The summed E-state index contributed by atoms with van der Waals surface area (Å²) in [5.74, 6) is -0.399. The van der Waals surface area contributed by atoms with E-state index in [-0.39, 0.29) is 6.10 Å². The molecular formula is C14H16F2N2O. The second kappa shape index (κ2) is 5.93. The Balaban J connectivity index is 2.21. The molecule has 0 aliphatic carbocycles. The molecule has 0 aliphatic heterocycles. The molecule has 102 valence electrons. The molecule has 0 radical (unpaired) electrons. The molecule has 1 aromatic carbocycles. The van der Waals surface area contributed by atoms with Crippen molar-refractivity contribution in [2.24, 2.45) is 0 Å². The molecule has 19 heavy (non-hydrogen) atoms. The van der Waals surface area contributed by atoms with Crippen molar-refractivity contribution in [1.29, 1.82) is 0 Å². The van der Waals surface area contributed by atoms with E-state index in [0.29, 0.717) is 18.7 Å². The Morgan fingerprint density at radius 1 is 1.37 bits per heavy atom. The first-order chi connectivity index (χ1) is 9.11. The molecule has 0 spiro atoms. The molecule has 2 aromatic rings. The Kier molecular flexibility index (Phi) is 4.27. The lowest BCUT2D eigenvalue weighted by molar-refractivity contribution is 0.0677. The van der Waals surface area contributed by atoms with Crippen molar-refractivity contribution in [2.45, 2.75) is 26.5 Å². The van der Waals surface area contributed by atoms with E-state index in [1.54, 1.807) is 17.0 Å². The number of imidazole rings is 1. The number of ether oxygens (including phenoxy) is 1. The third-order valence-corrected chi connectivity index (χ3v) is 2.88. The van der Waals surface area contributed by atoms with Gasteiger partial charge in [0.1, 0.15) is 23.6 Å². The minimum atomic E-state index is -0.574. The average Bonchev–Trinajstić information content (AvgIpc) is 2.81. The van der Waals surface area contributed by atoms with Gasteiger partial charge in [0.25, 0.3) is 0 Å². The van der Waals surface area contributed by atoms with Gasteiger partial charge in [-0.15, -0.1) is 0 Å². The summed E-state index contributed by atoms with van der Waals surface area (Å²) in [5.41, 5.74) is 0.421. The number of rotatable bonds is 5. The third kappa shape index (κ3) is 3.17. The van der Waals surface area contributed by atoms with E-state index >= 15 is 0 Å². The summed E-state index contributed by atoms with van der Waals surface area (Å²) in [6.45, 7) is 4.69. The van der Waals surface area contributed by atoms with Crippen molar-refractivity contribution >= 4 is 0 Å². The SMILES string of the molecule is CCOC(C)c1nccn1Cc1ccc(F)cc1F. The molecule has 5 heteroatoms. The van der Waals surface area contributed by atoms with Crippen molar-refractivity contribution in [3.05, 3.63) is 53.6 Å². The summed E-state index contributed by atoms with van der Waals surface area (Å²) in [7, 11) is 0. The summed E-state index contributed by atoms with van der Waals surface area (Å²) in [5, 5.41) is 0. The van der Waals surface area contributed by atoms with Crippen molar-refractivity contribution < 1.29 is 13.5 Å². The van der Waals surface area contributed by atoms with Gasteiger partial charge < -0.3 is 9.30 Å². The van der Waals surface area contributed by atoms with Crippen LogP contribution in [0.4, 0.5) is 8.78 Å². The van der Waals surface area contributed by atoms with Crippen LogP contribution >= 0.6 is 0 Å². The smallest absolute Gasteiger partial charge is 0.137 e. The van der Waals surface area contributed by atoms with E-state index in [9.17, 15) is 8.78 Å². The van der Waals surface area contributed by atoms with Crippen LogP contribution in [0.3, 0.4) is 0 Å². The topological polar surface area (TPSA) is 27.1 Å². The molecule has 1 heterocycles. The third-order valence-electron chi connectivity index (χ3n) is 2.88. The minimum absolute atomic E-state index is 0.163. The van der Waals surface area contributed by atoms with Crippen LogP contribution in [-0.4, -0.2) is 16.2 Å². The van der Waals surface area contributed by atoms with Gasteiger partial charge >= 0.3 is 0 Å². The van der Waals surface area contributed by atoms with E-state index in [4.69, 9.17) is 4.74 Å². The molecule has 0 bridgehead atoms. The lowest BCUT2D eigenvalue weighted by Crippen LogP contribution is -2.11. The summed E-state index contributed by atoms with van der Waals surface area (Å²) in [6.07, 6.45) is 3.24. The minimum Gasteiger partial charge on any atom is -0.371 e. The van der Waals surface area contributed by atoms with Crippen molar-refractivity contribution in [1.82, 2.24) is 9.55 Å². The predicted molar refractivity (Wildman–Crippen MR) is 67.7 cm³/mol. The van der Waals surface area contributed by atoms with Gasteiger partial charge in [-0.05, 0) is 19.9 Å². The molecule has 0 saturated carbocycles. The quantitative estimate of drug-likeness (QED) is 0.830. The van der Waals surface area contributed by atoms with Gasteiger partial charge in [0.15, 0.2) is 0 Å². The second-order valence-electron chi connectivity index (χ2n) is 4.25. The van der Waals surface area contributed by atoms with Crippen LogP contribution in [0.5, 0.6) is 0 Å². The summed E-state index contributed by atoms with van der Waals surface area (Å²) < 4.78 is 33.8. The Bertz CT molecular complexity index is 554. The van der Waals surface area contributed by atoms with E-state index in [2.05, 4.69) is 4.98 Å². The molecule has 3 nitrogen and oxygen atoms in total. The number of halogens is 2. The summed E-state index contributed by atoms with van der Waals surface area (Å²) in [4.78, 5) is 4.22. The zero-order valence-corrected chi connectivity index (χ0v) is 10.9. The van der Waals surface area contributed by atoms with Gasteiger partial charge in [-0.3, -0.25) is 0 Å². The monoisotopic (exact) mass is 266 g/mol. The zero-order valence-electron chi connectivity index (χ0n) is 10.9. The zero-order chi connectivity index (χ0) is 13.8. The first kappa shape index (κ1) is 13.7. The number of benzene rings is 1. The van der Waals surface area contributed by atoms with Crippen LogP contribution in [0.2, 0.25) is 0 Å². The first-order valence-electron chi connectivity index (χ1n) is 6.18. The molecule has 0 fully saturated rings. The standard InChI is InChI=1S/C14H16F2N2O/c1-3-19-10(2)14-17-6-7-18(14)9-11-4-5-12(15)8-13(11)16/h4-8,10H,3,9H2,1-2H3. The van der Waals surface area contributed by atoms with Gasteiger partial charge in [0.05, 0.1) is 6.54 Å². The number of hydrogen-bond acceptors (Lipinski definition) is 2. The van der Waals surface area contributed by atoms with E-state index < -0.39 is 11.6 Å². The Morgan fingerprint density at radius 3 is 2.84 bits per heavy atom. The molecule has 1 unspecified atom stereocenters. The highest BCUT2D eigenvalue weighted by molar-refractivity contribution is 5.19. The largest absolute Gasteiger partial charge is 0.371 e. The Labute approximate surface area is 110 Å². The van der Waals surface area contributed by atoms with Crippen molar-refractivity contribution in [3.63, 3.8) is 0 Å². The van der Waals surface area contributed by atoms with E-state index in [1.165, 1.54) is 12.1 Å². The Morgan fingerprint density at radius 2 is 2.16 bits per heavy atom. The van der Waals surface area contributed by atoms with Crippen LogP contribution in [0, 0.1) is 11.6 Å². The number of hydrogen-bond donors (Lipinski definition) is 0. The number of nitrogens with zero attached hydrogens (tertiary/aromatic N) is 2. The predicted octanol–water partition coefficient (Wildman–Crippen LogP) is 3.31. The number of aromatic nitrogens is 2. The van der Waals surface area contributed by atoms with Gasteiger partial charge in [-0.2, -0.15) is 0 Å². The molecular weight excluding hydrogens is 250 g/mol. The summed E-state index contributed by atoms with van der Waals surface area (Å²) >= 11 is 0. The maximum atomic E-state index is 13.6. The average molecular weight is 266 g/mol. The molecule has 2 rings (SSSR count). The van der Waals surface area contributed by atoms with Gasteiger partial charge in [-0.1, -0.05) is 6.07 Å². The lowest BCUT2D eigenvalue weighted by Gasteiger charge is -2.14.